The molecule has 3 atom stereocenters. The Labute approximate surface area is 223 Å². The second-order valence-corrected chi connectivity index (χ2v) is 10.8. The minimum absolute atomic E-state index is 0.374. The lowest BCUT2D eigenvalue weighted by Crippen LogP contribution is -2.47. The molecular formula is C26H29ClN6O3S. The molecule has 1 fully saturated rings. The van der Waals surface area contributed by atoms with Gasteiger partial charge in [-0.15, -0.1) is 11.3 Å². The number of rotatable bonds is 8. The number of pyridine rings is 1. The minimum atomic E-state index is -1.28. The predicted molar refractivity (Wildman–Crippen MR) is 147 cm³/mol. The van der Waals surface area contributed by atoms with E-state index >= 15 is 0 Å². The Balaban J connectivity index is 1.44. The van der Waals surface area contributed by atoms with Crippen LogP contribution in [-0.4, -0.2) is 61.6 Å². The van der Waals surface area contributed by atoms with Gasteiger partial charge in [0.25, 0.3) is 0 Å². The van der Waals surface area contributed by atoms with E-state index < -0.39 is 11.7 Å². The zero-order valence-corrected chi connectivity index (χ0v) is 22.4. The van der Waals surface area contributed by atoms with Crippen molar-refractivity contribution in [2.75, 3.05) is 24.3 Å². The number of aromatic nitrogens is 4. The number of fused-ring (bicyclic) bond motifs is 1. The Bertz CT molecular complexity index is 1400. The molecule has 194 valence electrons. The van der Waals surface area contributed by atoms with E-state index in [9.17, 15) is 10.2 Å². The molecule has 1 aromatic carbocycles. The SMILES string of the molecule is COc1ccc(CCNc2nc(C)c(-c3nc4cnccc4s3)c(N[C@@H]3CC[C@@H](O)[C@@]3(C)O)n2)cc1Cl. The summed E-state index contributed by atoms with van der Waals surface area (Å²) in [5.41, 5.74) is 2.10. The molecule has 37 heavy (non-hydrogen) atoms. The molecule has 4 aromatic rings. The number of halogens is 1. The first-order chi connectivity index (χ1) is 17.8. The molecule has 3 heterocycles. The number of hydrogen-bond acceptors (Lipinski definition) is 10. The van der Waals surface area contributed by atoms with Gasteiger partial charge in [0.05, 0.1) is 46.4 Å². The Kier molecular flexibility index (Phi) is 7.17. The van der Waals surface area contributed by atoms with Gasteiger partial charge >= 0.3 is 0 Å². The summed E-state index contributed by atoms with van der Waals surface area (Å²) in [4.78, 5) is 18.4. The molecule has 0 aliphatic heterocycles. The largest absolute Gasteiger partial charge is 0.495 e. The van der Waals surface area contributed by atoms with Gasteiger partial charge in [-0.2, -0.15) is 4.98 Å². The Morgan fingerprint density at radius 3 is 2.76 bits per heavy atom. The summed E-state index contributed by atoms with van der Waals surface area (Å²) in [5.74, 6) is 1.67. The molecule has 0 spiro atoms. The topological polar surface area (TPSA) is 125 Å². The number of aliphatic hydroxyl groups excluding tert-OH is 1. The number of nitrogens with zero attached hydrogens (tertiary/aromatic N) is 4. The number of aryl methyl sites for hydroxylation is 1. The summed E-state index contributed by atoms with van der Waals surface area (Å²) in [6.45, 7) is 4.16. The maximum absolute atomic E-state index is 10.9. The summed E-state index contributed by atoms with van der Waals surface area (Å²) in [6, 6.07) is 7.27. The third kappa shape index (κ3) is 5.19. The number of anilines is 2. The molecule has 3 aromatic heterocycles. The van der Waals surface area contributed by atoms with Crippen molar-refractivity contribution in [2.24, 2.45) is 0 Å². The maximum atomic E-state index is 10.9. The van der Waals surface area contributed by atoms with Gasteiger partial charge < -0.3 is 25.6 Å². The van der Waals surface area contributed by atoms with Crippen molar-refractivity contribution >= 4 is 44.9 Å². The second-order valence-electron chi connectivity index (χ2n) is 9.38. The normalized spacial score (nSPS) is 21.4. The lowest BCUT2D eigenvalue weighted by molar-refractivity contribution is -0.0439. The number of benzene rings is 1. The minimum Gasteiger partial charge on any atom is -0.495 e. The summed E-state index contributed by atoms with van der Waals surface area (Å²) in [6.07, 6.45) is 4.50. The van der Waals surface area contributed by atoms with E-state index in [1.807, 2.05) is 31.2 Å². The summed E-state index contributed by atoms with van der Waals surface area (Å²) < 4.78 is 6.24. The summed E-state index contributed by atoms with van der Waals surface area (Å²) >= 11 is 7.80. The molecule has 1 aliphatic rings. The van der Waals surface area contributed by atoms with E-state index in [0.29, 0.717) is 48.3 Å². The Morgan fingerprint density at radius 1 is 1.22 bits per heavy atom. The highest BCUT2D eigenvalue weighted by Crippen LogP contribution is 2.39. The van der Waals surface area contributed by atoms with Crippen molar-refractivity contribution in [3.63, 3.8) is 0 Å². The van der Waals surface area contributed by atoms with Crippen molar-refractivity contribution < 1.29 is 14.9 Å². The van der Waals surface area contributed by atoms with E-state index in [0.717, 1.165) is 32.0 Å². The van der Waals surface area contributed by atoms with E-state index in [2.05, 4.69) is 15.6 Å². The summed E-state index contributed by atoms with van der Waals surface area (Å²) in [7, 11) is 1.59. The quantitative estimate of drug-likeness (QED) is 0.256. The van der Waals surface area contributed by atoms with E-state index in [1.165, 1.54) is 11.3 Å². The van der Waals surface area contributed by atoms with Crippen LogP contribution in [0.15, 0.2) is 36.7 Å². The van der Waals surface area contributed by atoms with Crippen LogP contribution in [0.3, 0.4) is 0 Å². The first-order valence-corrected chi connectivity index (χ1v) is 13.3. The van der Waals surface area contributed by atoms with Crippen LogP contribution in [0.2, 0.25) is 5.02 Å². The highest BCUT2D eigenvalue weighted by atomic mass is 35.5. The average Bonchev–Trinajstić information content (AvgIpc) is 3.39. The van der Waals surface area contributed by atoms with Gasteiger partial charge in [0.2, 0.25) is 5.95 Å². The van der Waals surface area contributed by atoms with Crippen molar-refractivity contribution in [2.45, 2.75) is 50.9 Å². The molecular weight excluding hydrogens is 512 g/mol. The lowest BCUT2D eigenvalue weighted by atomic mass is 9.98. The van der Waals surface area contributed by atoms with Gasteiger partial charge in [-0.25, -0.2) is 9.97 Å². The van der Waals surface area contributed by atoms with Crippen LogP contribution < -0.4 is 15.4 Å². The number of nitrogens with one attached hydrogen (secondary N) is 2. The molecule has 4 N–H and O–H groups in total. The van der Waals surface area contributed by atoms with E-state index in [1.54, 1.807) is 26.4 Å². The number of aliphatic hydroxyl groups is 2. The van der Waals surface area contributed by atoms with Crippen LogP contribution in [0.1, 0.15) is 31.0 Å². The predicted octanol–water partition coefficient (Wildman–Crippen LogP) is 4.46. The second kappa shape index (κ2) is 10.4. The summed E-state index contributed by atoms with van der Waals surface area (Å²) in [5, 5.41) is 29.3. The molecule has 5 rings (SSSR count). The first kappa shape index (κ1) is 25.6. The van der Waals surface area contributed by atoms with Crippen LogP contribution >= 0.6 is 22.9 Å². The maximum Gasteiger partial charge on any atom is 0.224 e. The fourth-order valence-electron chi connectivity index (χ4n) is 4.61. The zero-order valence-electron chi connectivity index (χ0n) is 20.8. The number of methoxy groups -OCH3 is 1. The van der Waals surface area contributed by atoms with Crippen molar-refractivity contribution in [3.8, 4) is 16.3 Å². The molecule has 0 saturated heterocycles. The monoisotopic (exact) mass is 540 g/mol. The third-order valence-corrected chi connectivity index (χ3v) is 8.18. The number of thiazole rings is 1. The number of ether oxygens (including phenoxy) is 1. The lowest BCUT2D eigenvalue weighted by Gasteiger charge is -2.30. The van der Waals surface area contributed by atoms with Gasteiger partial charge in [0.15, 0.2) is 0 Å². The zero-order chi connectivity index (χ0) is 26.2. The van der Waals surface area contributed by atoms with Crippen LogP contribution in [-0.2, 0) is 6.42 Å². The molecule has 0 bridgehead atoms. The molecule has 9 nitrogen and oxygen atoms in total. The van der Waals surface area contributed by atoms with E-state index in [4.69, 9.17) is 31.3 Å². The molecule has 0 amide bonds. The average molecular weight is 541 g/mol. The van der Waals surface area contributed by atoms with Crippen molar-refractivity contribution in [1.82, 2.24) is 19.9 Å². The Hall–Kier alpha value is -3.05. The fourth-order valence-corrected chi connectivity index (χ4v) is 5.92. The van der Waals surface area contributed by atoms with Gasteiger partial charge in [0, 0.05) is 12.7 Å². The number of hydrogen-bond donors (Lipinski definition) is 4. The third-order valence-electron chi connectivity index (χ3n) is 6.83. The highest BCUT2D eigenvalue weighted by molar-refractivity contribution is 7.21. The smallest absolute Gasteiger partial charge is 0.224 e. The first-order valence-electron chi connectivity index (χ1n) is 12.1. The van der Waals surface area contributed by atoms with Gasteiger partial charge in [0.1, 0.15) is 27.7 Å². The van der Waals surface area contributed by atoms with Crippen LogP contribution in [0.4, 0.5) is 11.8 Å². The highest BCUT2D eigenvalue weighted by Gasteiger charge is 2.45. The molecule has 0 radical (unpaired) electrons. The van der Waals surface area contributed by atoms with Gasteiger partial charge in [-0.1, -0.05) is 17.7 Å². The standard InChI is InChI=1S/C26H29ClN6O3S/c1-14-22(24-31-17-13-28-10-9-19(17)37-24)23(32-20-6-7-21(34)26(20,2)35)33-25(30-14)29-11-8-15-4-5-18(36-3)16(27)12-15/h4-5,9-10,12-13,20-21,34-35H,6-8,11H2,1-3H3,(H2,29,30,32,33)/t20-,21-,26+/m1/s1. The molecule has 0 unspecified atom stereocenters. The molecule has 11 heteroatoms. The van der Waals surface area contributed by atoms with Crippen LogP contribution in [0.5, 0.6) is 5.75 Å². The van der Waals surface area contributed by atoms with Crippen LogP contribution in [0, 0.1) is 6.92 Å². The van der Waals surface area contributed by atoms with Crippen molar-refractivity contribution in [1.29, 1.82) is 0 Å². The van der Waals surface area contributed by atoms with Crippen LogP contribution in [0.25, 0.3) is 20.8 Å². The molecule has 1 aliphatic carbocycles. The van der Waals surface area contributed by atoms with Gasteiger partial charge in [-0.05, 0) is 56.9 Å². The Morgan fingerprint density at radius 2 is 2.05 bits per heavy atom. The van der Waals surface area contributed by atoms with E-state index in [-0.39, 0.29) is 6.04 Å². The van der Waals surface area contributed by atoms with Crippen molar-refractivity contribution in [3.05, 3.63) is 52.9 Å². The molecule has 1 saturated carbocycles. The fraction of sp³-hybridized carbons (Fsp3) is 0.385. The van der Waals surface area contributed by atoms with Gasteiger partial charge in [-0.3, -0.25) is 4.98 Å².